The lowest BCUT2D eigenvalue weighted by Crippen LogP contribution is -2.25. The van der Waals surface area contributed by atoms with E-state index in [2.05, 4.69) is 9.97 Å². The van der Waals surface area contributed by atoms with Crippen LogP contribution in [0.25, 0.3) is 10.9 Å². The van der Waals surface area contributed by atoms with Gasteiger partial charge >= 0.3 is 5.97 Å². The molecule has 5 nitrogen and oxygen atoms in total. The van der Waals surface area contributed by atoms with E-state index < -0.39 is 12.1 Å². The smallest absolute Gasteiger partial charge is 0.359 e. The van der Waals surface area contributed by atoms with Gasteiger partial charge in [0.2, 0.25) is 5.78 Å². The number of carbonyl (C=O) groups is 2. The molecule has 0 aliphatic rings. The minimum Gasteiger partial charge on any atom is -0.449 e. The highest BCUT2D eigenvalue weighted by atomic mass is 35.5. The molecular weight excluding hydrogens is 351 g/mol. The van der Waals surface area contributed by atoms with Crippen molar-refractivity contribution in [2.45, 2.75) is 13.0 Å². The fourth-order valence-corrected chi connectivity index (χ4v) is 2.66. The molecule has 0 bridgehead atoms. The van der Waals surface area contributed by atoms with E-state index in [-0.39, 0.29) is 21.7 Å². The molecule has 0 aliphatic carbocycles. The Labute approximate surface area is 147 Å². The number of H-pyrrole nitrogens is 1. The Bertz CT molecular complexity index is 936. The fourth-order valence-electron chi connectivity index (χ4n) is 2.33. The topological polar surface area (TPSA) is 72.0 Å². The first-order valence-corrected chi connectivity index (χ1v) is 7.86. The van der Waals surface area contributed by atoms with Gasteiger partial charge in [0.05, 0.1) is 5.02 Å². The summed E-state index contributed by atoms with van der Waals surface area (Å²) in [6.07, 6.45) is 0.607. The van der Waals surface area contributed by atoms with Crippen molar-refractivity contribution in [2.24, 2.45) is 0 Å². The average molecular weight is 363 g/mol. The molecule has 3 aromatic rings. The van der Waals surface area contributed by atoms with Crippen molar-refractivity contribution in [1.29, 1.82) is 0 Å². The summed E-state index contributed by atoms with van der Waals surface area (Å²) in [5.41, 5.74) is 1.16. The lowest BCUT2D eigenvalue weighted by molar-refractivity contribution is 0.0314. The van der Waals surface area contributed by atoms with Crippen LogP contribution >= 0.6 is 23.2 Å². The van der Waals surface area contributed by atoms with Crippen molar-refractivity contribution in [2.75, 3.05) is 0 Å². The summed E-state index contributed by atoms with van der Waals surface area (Å²) in [6, 6.07) is 10.3. The Morgan fingerprint density at radius 3 is 2.71 bits per heavy atom. The number of pyridine rings is 1. The molecule has 0 radical (unpaired) electrons. The van der Waals surface area contributed by atoms with Crippen molar-refractivity contribution in [3.05, 3.63) is 64.0 Å². The number of fused-ring (bicyclic) bond motifs is 1. The number of aromatic nitrogens is 2. The maximum atomic E-state index is 12.6. The predicted molar refractivity (Wildman–Crippen MR) is 91.8 cm³/mol. The summed E-state index contributed by atoms with van der Waals surface area (Å²) in [5, 5.41) is 0.988. The van der Waals surface area contributed by atoms with Gasteiger partial charge in [-0.1, -0.05) is 41.4 Å². The Morgan fingerprint density at radius 1 is 1.17 bits per heavy atom. The van der Waals surface area contributed by atoms with Gasteiger partial charge in [-0.3, -0.25) is 4.79 Å². The molecule has 2 aromatic heterocycles. The van der Waals surface area contributed by atoms with Crippen LogP contribution < -0.4 is 0 Å². The molecule has 1 aromatic carbocycles. The SMILES string of the molecule is CC(OC(=O)c1nc(Cl)ccc1Cl)C(=O)c1c[nH]c2ccccc12. The van der Waals surface area contributed by atoms with E-state index in [1.54, 1.807) is 6.20 Å². The van der Waals surface area contributed by atoms with Crippen LogP contribution in [0.4, 0.5) is 0 Å². The lowest BCUT2D eigenvalue weighted by atomic mass is 10.1. The van der Waals surface area contributed by atoms with Gasteiger partial charge in [0.15, 0.2) is 11.8 Å². The van der Waals surface area contributed by atoms with Crippen LogP contribution in [-0.2, 0) is 4.74 Å². The number of Topliss-reactive ketones (excluding diaryl/α,β-unsaturated/α-hetero) is 1. The molecule has 24 heavy (non-hydrogen) atoms. The number of halogens is 2. The van der Waals surface area contributed by atoms with Gasteiger partial charge in [-0.15, -0.1) is 0 Å². The van der Waals surface area contributed by atoms with Crippen LogP contribution in [0, 0.1) is 0 Å². The second-order valence-corrected chi connectivity index (χ2v) is 5.92. The predicted octanol–water partition coefficient (Wildman–Crippen LogP) is 4.30. The first-order chi connectivity index (χ1) is 11.5. The van der Waals surface area contributed by atoms with E-state index >= 15 is 0 Å². The van der Waals surface area contributed by atoms with Gasteiger partial charge in [-0.2, -0.15) is 0 Å². The molecule has 0 spiro atoms. The molecule has 1 atom stereocenters. The van der Waals surface area contributed by atoms with E-state index in [4.69, 9.17) is 27.9 Å². The highest BCUT2D eigenvalue weighted by molar-refractivity contribution is 6.34. The second kappa shape index (κ2) is 6.63. The van der Waals surface area contributed by atoms with Crippen LogP contribution in [0.2, 0.25) is 10.2 Å². The second-order valence-electron chi connectivity index (χ2n) is 5.12. The summed E-state index contributed by atoms with van der Waals surface area (Å²) < 4.78 is 5.20. The van der Waals surface area contributed by atoms with E-state index in [0.717, 1.165) is 10.9 Å². The molecule has 0 amide bonds. The fraction of sp³-hybridized carbons (Fsp3) is 0.118. The molecular formula is C17H12Cl2N2O3. The number of para-hydroxylation sites is 1. The summed E-state index contributed by atoms with van der Waals surface area (Å²) in [7, 11) is 0. The summed E-state index contributed by atoms with van der Waals surface area (Å²) >= 11 is 11.7. The first-order valence-electron chi connectivity index (χ1n) is 7.10. The van der Waals surface area contributed by atoms with E-state index in [0.29, 0.717) is 5.56 Å². The molecule has 2 heterocycles. The van der Waals surface area contributed by atoms with E-state index in [9.17, 15) is 9.59 Å². The van der Waals surface area contributed by atoms with Crippen LogP contribution in [0.15, 0.2) is 42.6 Å². The minimum atomic E-state index is -0.992. The van der Waals surface area contributed by atoms with Crippen molar-refractivity contribution in [3.63, 3.8) is 0 Å². The average Bonchev–Trinajstić information content (AvgIpc) is 3.00. The Balaban J connectivity index is 1.81. The number of nitrogens with one attached hydrogen (secondary N) is 1. The molecule has 7 heteroatoms. The third-order valence-corrected chi connectivity index (χ3v) is 4.03. The zero-order valence-electron chi connectivity index (χ0n) is 12.5. The van der Waals surface area contributed by atoms with Crippen molar-refractivity contribution < 1.29 is 14.3 Å². The monoisotopic (exact) mass is 362 g/mol. The molecule has 1 N–H and O–H groups in total. The third kappa shape index (κ3) is 3.13. The van der Waals surface area contributed by atoms with Crippen LogP contribution in [0.1, 0.15) is 27.8 Å². The number of hydrogen-bond donors (Lipinski definition) is 1. The Kier molecular flexibility index (Phi) is 4.55. The Morgan fingerprint density at radius 2 is 1.92 bits per heavy atom. The first kappa shape index (κ1) is 16.5. The molecule has 122 valence electrons. The highest BCUT2D eigenvalue weighted by Gasteiger charge is 2.24. The van der Waals surface area contributed by atoms with Gasteiger partial charge in [-0.05, 0) is 25.1 Å². The number of ketones is 1. The van der Waals surface area contributed by atoms with E-state index in [1.165, 1.54) is 19.1 Å². The van der Waals surface area contributed by atoms with Crippen LogP contribution in [-0.4, -0.2) is 27.8 Å². The maximum absolute atomic E-state index is 12.6. The summed E-state index contributed by atoms with van der Waals surface area (Å²) in [5.74, 6) is -1.12. The molecule has 0 fully saturated rings. The number of aromatic amines is 1. The van der Waals surface area contributed by atoms with Crippen LogP contribution in [0.5, 0.6) is 0 Å². The number of nitrogens with zero attached hydrogens (tertiary/aromatic N) is 1. The molecule has 0 saturated carbocycles. The molecule has 3 rings (SSSR count). The lowest BCUT2D eigenvalue weighted by Gasteiger charge is -2.12. The summed E-state index contributed by atoms with van der Waals surface area (Å²) in [4.78, 5) is 31.6. The van der Waals surface area contributed by atoms with Crippen LogP contribution in [0.3, 0.4) is 0 Å². The van der Waals surface area contributed by atoms with E-state index in [1.807, 2.05) is 24.3 Å². The molecule has 1 unspecified atom stereocenters. The van der Waals surface area contributed by atoms with Crippen molar-refractivity contribution in [1.82, 2.24) is 9.97 Å². The molecule has 0 saturated heterocycles. The van der Waals surface area contributed by atoms with Crippen molar-refractivity contribution in [3.8, 4) is 0 Å². The van der Waals surface area contributed by atoms with Crippen molar-refractivity contribution >= 4 is 45.9 Å². The number of esters is 1. The number of hydrogen-bond acceptors (Lipinski definition) is 4. The zero-order valence-corrected chi connectivity index (χ0v) is 14.1. The quantitative estimate of drug-likeness (QED) is 0.426. The van der Waals surface area contributed by atoms with Gasteiger partial charge in [0.25, 0.3) is 0 Å². The Hall–Kier alpha value is -2.37. The number of benzene rings is 1. The van der Waals surface area contributed by atoms with Gasteiger partial charge in [-0.25, -0.2) is 9.78 Å². The highest BCUT2D eigenvalue weighted by Crippen LogP contribution is 2.22. The maximum Gasteiger partial charge on any atom is 0.359 e. The largest absolute Gasteiger partial charge is 0.449 e. The van der Waals surface area contributed by atoms with Gasteiger partial charge in [0, 0.05) is 22.7 Å². The number of carbonyl (C=O) groups excluding carboxylic acids is 2. The standard InChI is InChI=1S/C17H12Cl2N2O3/c1-9(24-17(23)15-12(18)6-7-14(19)21-15)16(22)11-8-20-13-5-3-2-4-10(11)13/h2-9,20H,1H3. The summed E-state index contributed by atoms with van der Waals surface area (Å²) in [6.45, 7) is 1.50. The third-order valence-electron chi connectivity index (χ3n) is 3.51. The molecule has 0 aliphatic heterocycles. The number of rotatable bonds is 4. The normalized spacial score (nSPS) is 12.1. The number of ether oxygens (including phenoxy) is 1. The van der Waals surface area contributed by atoms with Gasteiger partial charge in [0.1, 0.15) is 5.15 Å². The van der Waals surface area contributed by atoms with Gasteiger partial charge < -0.3 is 9.72 Å². The minimum absolute atomic E-state index is 0.108. The zero-order chi connectivity index (χ0) is 17.3.